The Balaban J connectivity index is 1.93. The number of ether oxygens (including phenoxy) is 1. The Morgan fingerprint density at radius 2 is 1.79 bits per heavy atom. The van der Waals surface area contributed by atoms with Gasteiger partial charge in [-0.2, -0.15) is 8.42 Å². The van der Waals surface area contributed by atoms with Gasteiger partial charge in [0.1, 0.15) is 11.6 Å². The molecule has 1 aliphatic heterocycles. The van der Waals surface area contributed by atoms with Crippen molar-refractivity contribution in [1.29, 1.82) is 0 Å². The largest absolute Gasteiger partial charge is 0.497 e. The van der Waals surface area contributed by atoms with Gasteiger partial charge in [0, 0.05) is 6.54 Å². The molecule has 2 aromatic carbocycles. The number of benzene rings is 2. The zero-order valence-electron chi connectivity index (χ0n) is 15.1. The van der Waals surface area contributed by atoms with Gasteiger partial charge in [0.15, 0.2) is 5.17 Å². The Morgan fingerprint density at radius 1 is 1.14 bits per heavy atom. The smallest absolute Gasteiger partial charge is 0.284 e. The van der Waals surface area contributed by atoms with E-state index in [4.69, 9.17) is 4.74 Å². The van der Waals surface area contributed by atoms with Crippen LogP contribution in [0.4, 0.5) is 4.39 Å². The number of carbonyl (C=O) groups is 1. The third-order valence-corrected chi connectivity index (χ3v) is 6.33. The van der Waals surface area contributed by atoms with Crippen LogP contribution in [-0.4, -0.2) is 38.0 Å². The van der Waals surface area contributed by atoms with Gasteiger partial charge in [0.2, 0.25) is 0 Å². The van der Waals surface area contributed by atoms with Crippen LogP contribution < -0.4 is 4.74 Å². The third kappa shape index (κ3) is 4.26. The highest BCUT2D eigenvalue weighted by Gasteiger charge is 2.34. The lowest BCUT2D eigenvalue weighted by molar-refractivity contribution is -0.122. The Kier molecular flexibility index (Phi) is 5.85. The van der Waals surface area contributed by atoms with E-state index in [1.807, 2.05) is 0 Å². The molecule has 0 unspecified atom stereocenters. The van der Waals surface area contributed by atoms with Gasteiger partial charge in [-0.05, 0) is 66.7 Å². The number of sulfonamides is 1. The first-order valence-electron chi connectivity index (χ1n) is 8.30. The zero-order valence-corrected chi connectivity index (χ0v) is 16.8. The lowest BCUT2D eigenvalue weighted by atomic mass is 10.2. The maximum Gasteiger partial charge on any atom is 0.284 e. The molecule has 9 heteroatoms. The van der Waals surface area contributed by atoms with Crippen LogP contribution in [0, 0.1) is 5.82 Å². The molecule has 3 rings (SSSR count). The van der Waals surface area contributed by atoms with Crippen molar-refractivity contribution in [1.82, 2.24) is 4.90 Å². The first-order chi connectivity index (χ1) is 13.3. The zero-order chi connectivity index (χ0) is 20.3. The molecule has 0 spiro atoms. The molecule has 28 heavy (non-hydrogen) atoms. The van der Waals surface area contributed by atoms with E-state index < -0.39 is 15.8 Å². The second-order valence-corrected chi connectivity index (χ2v) is 8.35. The molecule has 0 radical (unpaired) electrons. The van der Waals surface area contributed by atoms with E-state index >= 15 is 0 Å². The van der Waals surface area contributed by atoms with Crippen molar-refractivity contribution in [2.75, 3.05) is 13.7 Å². The average Bonchev–Trinajstić information content (AvgIpc) is 2.96. The van der Waals surface area contributed by atoms with Crippen molar-refractivity contribution in [3.63, 3.8) is 0 Å². The molecule has 1 saturated heterocycles. The fourth-order valence-electron chi connectivity index (χ4n) is 2.47. The van der Waals surface area contributed by atoms with Crippen molar-refractivity contribution in [2.45, 2.75) is 11.8 Å². The highest BCUT2D eigenvalue weighted by atomic mass is 32.2. The summed E-state index contributed by atoms with van der Waals surface area (Å²) in [7, 11) is -2.51. The number of amidine groups is 1. The maximum absolute atomic E-state index is 13.1. The SMILES string of the molecule is CCN1C(=O)/C(=C\c2ccc(OC)cc2)SC1=NS(=O)(=O)c1ccc(F)cc1. The summed E-state index contributed by atoms with van der Waals surface area (Å²) in [6, 6.07) is 11.5. The molecule has 0 bridgehead atoms. The number of amides is 1. The summed E-state index contributed by atoms with van der Waals surface area (Å²) in [6.45, 7) is 2.00. The fraction of sp³-hybridized carbons (Fsp3) is 0.158. The molecule has 0 N–H and O–H groups in total. The van der Waals surface area contributed by atoms with Gasteiger partial charge in [-0.25, -0.2) is 4.39 Å². The molecule has 1 fully saturated rings. The van der Waals surface area contributed by atoms with Gasteiger partial charge >= 0.3 is 0 Å². The van der Waals surface area contributed by atoms with Crippen molar-refractivity contribution in [2.24, 2.45) is 4.40 Å². The van der Waals surface area contributed by atoms with E-state index in [0.717, 1.165) is 41.6 Å². The Morgan fingerprint density at radius 3 is 2.36 bits per heavy atom. The van der Waals surface area contributed by atoms with Crippen LogP contribution in [0.2, 0.25) is 0 Å². The van der Waals surface area contributed by atoms with Crippen molar-refractivity contribution >= 4 is 38.9 Å². The molecule has 6 nitrogen and oxygen atoms in total. The highest BCUT2D eigenvalue weighted by molar-refractivity contribution is 8.19. The number of likely N-dealkylation sites (N-methyl/N-ethyl adjacent to an activating group) is 1. The minimum absolute atomic E-state index is 0.0663. The number of carbonyl (C=O) groups excluding carboxylic acids is 1. The van der Waals surface area contributed by atoms with E-state index in [0.29, 0.717) is 10.7 Å². The van der Waals surface area contributed by atoms with Crippen molar-refractivity contribution < 1.29 is 22.3 Å². The third-order valence-electron chi connectivity index (χ3n) is 3.93. The second kappa shape index (κ2) is 8.15. The minimum Gasteiger partial charge on any atom is -0.497 e. The van der Waals surface area contributed by atoms with Crippen LogP contribution in [-0.2, 0) is 14.8 Å². The molecule has 0 aliphatic carbocycles. The summed E-state index contributed by atoms with van der Waals surface area (Å²) < 4.78 is 47.0. The Hall–Kier alpha value is -2.65. The van der Waals surface area contributed by atoms with Crippen LogP contribution in [0.1, 0.15) is 12.5 Å². The summed E-state index contributed by atoms with van der Waals surface area (Å²) in [4.78, 5) is 14.1. The summed E-state index contributed by atoms with van der Waals surface area (Å²) in [6.07, 6.45) is 1.67. The quantitative estimate of drug-likeness (QED) is 0.692. The number of hydrogen-bond acceptors (Lipinski definition) is 5. The molecule has 0 saturated carbocycles. The minimum atomic E-state index is -4.07. The topological polar surface area (TPSA) is 76.0 Å². The molecular weight excluding hydrogens is 403 g/mol. The van der Waals surface area contributed by atoms with E-state index in [9.17, 15) is 17.6 Å². The second-order valence-electron chi connectivity index (χ2n) is 5.74. The first-order valence-corrected chi connectivity index (χ1v) is 10.6. The van der Waals surface area contributed by atoms with Gasteiger partial charge < -0.3 is 4.74 Å². The molecule has 146 valence electrons. The lowest BCUT2D eigenvalue weighted by Gasteiger charge is -2.11. The van der Waals surface area contributed by atoms with Gasteiger partial charge in [0.05, 0.1) is 16.9 Å². The maximum atomic E-state index is 13.1. The molecular formula is C19H17FN2O4S2. The Labute approximate surface area is 166 Å². The number of nitrogens with zero attached hydrogens (tertiary/aromatic N) is 2. The van der Waals surface area contributed by atoms with Gasteiger partial charge in [0.25, 0.3) is 15.9 Å². The Bertz CT molecular complexity index is 1050. The molecule has 1 heterocycles. The van der Waals surface area contributed by atoms with Crippen LogP contribution in [0.3, 0.4) is 0 Å². The molecule has 0 atom stereocenters. The van der Waals surface area contributed by atoms with Gasteiger partial charge in [-0.1, -0.05) is 12.1 Å². The fourth-order valence-corrected chi connectivity index (χ4v) is 4.71. The van der Waals surface area contributed by atoms with E-state index in [2.05, 4.69) is 4.40 Å². The number of halogens is 1. The van der Waals surface area contributed by atoms with E-state index in [1.165, 1.54) is 4.90 Å². The summed E-state index contributed by atoms with van der Waals surface area (Å²) in [5.74, 6) is -0.177. The van der Waals surface area contributed by atoms with Gasteiger partial charge in [-0.15, -0.1) is 4.40 Å². The van der Waals surface area contributed by atoms with Crippen LogP contribution >= 0.6 is 11.8 Å². The summed E-state index contributed by atoms with van der Waals surface area (Å²) >= 11 is 0.984. The monoisotopic (exact) mass is 420 g/mol. The van der Waals surface area contributed by atoms with Crippen LogP contribution in [0.25, 0.3) is 6.08 Å². The van der Waals surface area contributed by atoms with E-state index in [1.54, 1.807) is 44.4 Å². The molecule has 0 aromatic heterocycles. The van der Waals surface area contributed by atoms with Crippen LogP contribution in [0.5, 0.6) is 5.75 Å². The molecule has 2 aromatic rings. The highest BCUT2D eigenvalue weighted by Crippen LogP contribution is 2.33. The summed E-state index contributed by atoms with van der Waals surface area (Å²) in [5.41, 5.74) is 0.773. The van der Waals surface area contributed by atoms with Crippen molar-refractivity contribution in [3.8, 4) is 5.75 Å². The number of hydrogen-bond donors (Lipinski definition) is 0. The number of thioether (sulfide) groups is 1. The molecule has 1 amide bonds. The first kappa shape index (κ1) is 20.1. The van der Waals surface area contributed by atoms with Crippen LogP contribution in [0.15, 0.2) is 62.7 Å². The number of methoxy groups -OCH3 is 1. The van der Waals surface area contributed by atoms with Gasteiger partial charge in [-0.3, -0.25) is 9.69 Å². The lowest BCUT2D eigenvalue weighted by Crippen LogP contribution is -2.29. The summed E-state index contributed by atoms with van der Waals surface area (Å²) in [5, 5.41) is 0.0663. The normalized spacial score (nSPS) is 17.5. The standard InChI is InChI=1S/C19H17FN2O4S2/c1-3-22-18(23)17(12-13-4-8-15(26-2)9-5-13)27-19(22)21-28(24,25)16-10-6-14(20)7-11-16/h4-12H,3H2,1-2H3/b17-12+,21-19?. The predicted molar refractivity (Wildman–Crippen MR) is 107 cm³/mol. The molecule has 1 aliphatic rings. The van der Waals surface area contributed by atoms with Crippen molar-refractivity contribution in [3.05, 3.63) is 64.8 Å². The predicted octanol–water partition coefficient (Wildman–Crippen LogP) is 3.52. The van der Waals surface area contributed by atoms with E-state index in [-0.39, 0.29) is 22.5 Å². The number of rotatable bonds is 5. The average molecular weight is 420 g/mol.